The van der Waals surface area contributed by atoms with E-state index in [9.17, 15) is 24.2 Å². The van der Waals surface area contributed by atoms with Crippen LogP contribution in [-0.4, -0.2) is 88.4 Å². The Balaban J connectivity index is 0. The van der Waals surface area contributed by atoms with Gasteiger partial charge in [0.1, 0.15) is 18.7 Å². The molecule has 0 heterocycles. The molecule has 0 aliphatic heterocycles. The zero-order chi connectivity index (χ0) is 30.2. The molecule has 0 aromatic heterocycles. The van der Waals surface area contributed by atoms with Crippen molar-refractivity contribution in [1.29, 1.82) is 0 Å². The van der Waals surface area contributed by atoms with Crippen molar-refractivity contribution in [3.8, 4) is 0 Å². The van der Waals surface area contributed by atoms with Crippen LogP contribution in [0.2, 0.25) is 0 Å². The van der Waals surface area contributed by atoms with Crippen molar-refractivity contribution in [2.75, 3.05) is 19.7 Å². The van der Waals surface area contributed by atoms with Gasteiger partial charge in [-0.15, -0.1) is 0 Å². The average molecular weight is 540 g/mol. The summed E-state index contributed by atoms with van der Waals surface area (Å²) in [6, 6.07) is -1.77. The normalized spacial score (nSPS) is 18.3. The smallest absolute Gasteiger partial charge is 0.472 e. The van der Waals surface area contributed by atoms with Crippen molar-refractivity contribution in [3.05, 3.63) is 0 Å². The van der Waals surface area contributed by atoms with Gasteiger partial charge in [0.2, 0.25) is 0 Å². The van der Waals surface area contributed by atoms with Gasteiger partial charge in [0.25, 0.3) is 0 Å². The van der Waals surface area contributed by atoms with Gasteiger partial charge in [-0.05, 0) is 6.42 Å². The quantitative estimate of drug-likeness (QED) is 0.0611. The maximum Gasteiger partial charge on any atom is 0.472 e. The first-order valence-electron chi connectivity index (χ1n) is 14.6. The summed E-state index contributed by atoms with van der Waals surface area (Å²) in [5.74, 6) is -2.74. The molecule has 0 amide bonds. The van der Waals surface area contributed by atoms with E-state index >= 15 is 0 Å². The van der Waals surface area contributed by atoms with Crippen molar-refractivity contribution in [2.45, 2.75) is 115 Å². The van der Waals surface area contributed by atoms with Crippen LogP contribution >= 0.6 is 7.82 Å². The number of esters is 1. The van der Waals surface area contributed by atoms with Crippen LogP contribution in [0, 0.1) is 0 Å². The first-order valence-corrected chi connectivity index (χ1v) is 13.6. The molecule has 1 radical (unpaired) electrons. The molecule has 0 aliphatic rings. The van der Waals surface area contributed by atoms with E-state index in [4.69, 9.17) is 17.7 Å². The van der Waals surface area contributed by atoms with Gasteiger partial charge >= 0.3 is 19.8 Å². The summed E-state index contributed by atoms with van der Waals surface area (Å²) in [5.41, 5.74) is 5.10. The number of hydrogen-bond donors (Lipinski definition) is 4. The van der Waals surface area contributed by atoms with Gasteiger partial charge in [-0.25, -0.2) is 4.57 Å². The number of phosphoric ester groups is 1. The van der Waals surface area contributed by atoms with Crippen LogP contribution in [0.4, 0.5) is 0 Å². The number of ether oxygens (including phenoxy) is 1. The summed E-state index contributed by atoms with van der Waals surface area (Å²) >= 11 is 0. The first-order chi connectivity index (χ1) is 18.0. The van der Waals surface area contributed by atoms with E-state index in [2.05, 4.69) is 20.7 Å². The second-order valence-corrected chi connectivity index (χ2v) is 9.55. The van der Waals surface area contributed by atoms with Crippen LogP contribution in [0.3, 0.4) is 0 Å². The molecule has 0 fully saturated rings. The third kappa shape index (κ3) is 25.4. The fourth-order valence-electron chi connectivity index (χ4n) is 3.01. The van der Waals surface area contributed by atoms with Gasteiger partial charge in [0.15, 0.2) is 0 Å². The van der Waals surface area contributed by atoms with Crippen molar-refractivity contribution in [3.63, 3.8) is 0 Å². The van der Waals surface area contributed by atoms with Gasteiger partial charge < -0.3 is 25.6 Å². The zero-order valence-electron chi connectivity index (χ0n) is 26.2. The van der Waals surface area contributed by atoms with E-state index in [0.29, 0.717) is 12.8 Å². The molecule has 0 saturated heterocycles. The Labute approximate surface area is 239 Å². The Morgan fingerprint density at radius 2 is 1.37 bits per heavy atom. The molecule has 35 heavy (non-hydrogen) atoms. The van der Waals surface area contributed by atoms with Crippen molar-refractivity contribution in [1.82, 2.24) is 0 Å². The number of carboxylic acid groups (broad SMARTS) is 1. The minimum atomic E-state index is -5.46. The van der Waals surface area contributed by atoms with Gasteiger partial charge in [0.05, 0.1) is 20.0 Å². The van der Waals surface area contributed by atoms with Crippen molar-refractivity contribution < 1.29 is 49.9 Å². The van der Waals surface area contributed by atoms with Crippen LogP contribution in [0.25, 0.3) is 0 Å². The number of aliphatic hydroxyl groups is 1. The fourth-order valence-corrected chi connectivity index (χ4v) is 3.62. The van der Waals surface area contributed by atoms with Crippen molar-refractivity contribution >= 4 is 49.3 Å². The third-order valence-electron chi connectivity index (χ3n) is 4.99. The molecule has 203 valence electrons. The minimum Gasteiger partial charge on any atom is -0.480 e. The van der Waals surface area contributed by atoms with Gasteiger partial charge in [-0.1, -0.05) is 90.4 Å². The number of hydrogen-bond acceptors (Lipinski definition) is 8. The predicted octanol–water partition coefficient (Wildman–Crippen LogP) is 3.93. The number of rotatable bonds is 24. The van der Waals surface area contributed by atoms with E-state index in [1.807, 2.05) is 0 Å². The van der Waals surface area contributed by atoms with Crippen LogP contribution in [0.15, 0.2) is 0 Å². The van der Waals surface area contributed by atoms with Crippen LogP contribution in [-0.2, 0) is 27.9 Å². The molecule has 0 saturated carbocycles. The maximum absolute atomic E-state index is 12.1. The fraction of sp³-hybridized carbons (Fsp3) is 0.913. The Bertz CT molecular complexity index is 781. The number of nitrogens with two attached hydrogens (primary N) is 1. The SMILES string of the molecule is [2H]C([2H])(OC(=O)CCCCCCCCCCCCCCCC)[C@@]([2H])(O)C([2H])([2H])OP(=O)(O)OC[C@H](N)C(=O)O.[Na]. The van der Waals surface area contributed by atoms with Crippen LogP contribution in [0.5, 0.6) is 0 Å². The monoisotopic (exact) mass is 539 g/mol. The molecule has 0 rings (SSSR count). The molecule has 3 atom stereocenters. The molecule has 0 spiro atoms. The van der Waals surface area contributed by atoms with Gasteiger partial charge in [-0.2, -0.15) is 0 Å². The molecule has 10 nitrogen and oxygen atoms in total. The van der Waals surface area contributed by atoms with E-state index in [-0.39, 0.29) is 36.0 Å². The predicted molar refractivity (Wildman–Crippen MR) is 135 cm³/mol. The zero-order valence-corrected chi connectivity index (χ0v) is 24.1. The number of unbranched alkanes of at least 4 members (excludes halogenated alkanes) is 13. The van der Waals surface area contributed by atoms with E-state index in [0.717, 1.165) is 25.7 Å². The van der Waals surface area contributed by atoms with E-state index in [1.54, 1.807) is 0 Å². The number of carbonyl (C=O) groups is 2. The molecule has 0 bridgehead atoms. The first kappa shape index (κ1) is 28.0. The largest absolute Gasteiger partial charge is 0.480 e. The second kappa shape index (κ2) is 24.3. The Hall–Kier alpha value is -0.0300. The summed E-state index contributed by atoms with van der Waals surface area (Å²) in [5, 5.41) is 18.8. The summed E-state index contributed by atoms with van der Waals surface area (Å²) in [6.45, 7) is -6.52. The third-order valence-corrected chi connectivity index (χ3v) is 5.79. The summed E-state index contributed by atoms with van der Waals surface area (Å²) in [4.78, 5) is 32.3. The Morgan fingerprint density at radius 3 is 1.83 bits per heavy atom. The van der Waals surface area contributed by atoms with Gasteiger partial charge in [0, 0.05) is 36.0 Å². The standard InChI is InChI=1S/C23H46NO9P.Na/c1-2-3-4-5-6-7-8-9-10-11-12-13-14-15-16-22(26)31-17-20(25)18-32-34(29,30)33-19-21(24)23(27)28;/h20-21,25H,2-19,24H2,1H3,(H,27,28)(H,29,30);/t20-,21+;/m1./s1/i17D2,18D2,20D;. The molecule has 0 aromatic carbocycles. The topological polar surface area (TPSA) is 166 Å². The number of carbonyl (C=O) groups excluding carboxylic acids is 1. The summed E-state index contributed by atoms with van der Waals surface area (Å²) in [7, 11) is -5.46. The second-order valence-electron chi connectivity index (χ2n) is 8.17. The molecule has 5 N–H and O–H groups in total. The molecular weight excluding hydrogens is 488 g/mol. The van der Waals surface area contributed by atoms with Gasteiger partial charge in [-0.3, -0.25) is 18.6 Å². The average Bonchev–Trinajstić information content (AvgIpc) is 2.81. The number of aliphatic carboxylic acids is 1. The van der Waals surface area contributed by atoms with E-state index < -0.39 is 51.6 Å². The Kier molecular flexibility index (Phi) is 19.4. The summed E-state index contributed by atoms with van der Waals surface area (Å²) in [6.07, 6.45) is 11.1. The van der Waals surface area contributed by atoms with Crippen LogP contribution < -0.4 is 5.73 Å². The molecule has 0 aromatic rings. The Morgan fingerprint density at radius 1 is 0.914 bits per heavy atom. The van der Waals surface area contributed by atoms with Crippen LogP contribution in [0.1, 0.15) is 110 Å². The summed E-state index contributed by atoms with van der Waals surface area (Å²) < 4.78 is 62.9. The molecule has 12 heteroatoms. The molecule has 0 aliphatic carbocycles. The van der Waals surface area contributed by atoms with E-state index in [1.165, 1.54) is 51.4 Å². The minimum absolute atomic E-state index is 0. The number of carboxylic acids is 1. The maximum atomic E-state index is 12.1. The number of phosphoric acid groups is 1. The molecule has 1 unspecified atom stereocenters. The van der Waals surface area contributed by atoms with Crippen molar-refractivity contribution in [2.24, 2.45) is 5.73 Å². The molecular formula is C23H46NNaO9P.